The van der Waals surface area contributed by atoms with E-state index >= 15 is 0 Å². The molecule has 1 unspecified atom stereocenters. The molecule has 1 aromatic carbocycles. The summed E-state index contributed by atoms with van der Waals surface area (Å²) in [4.78, 5) is 33.8. The van der Waals surface area contributed by atoms with Gasteiger partial charge in [-0.25, -0.2) is 14.6 Å². The van der Waals surface area contributed by atoms with Gasteiger partial charge < -0.3 is 25.2 Å². The first-order chi connectivity index (χ1) is 16.8. The molecule has 2 fully saturated rings. The number of fused-ring (bicyclic) bond motifs is 2. The maximum Gasteiger partial charge on any atom is 0.331 e. The van der Waals surface area contributed by atoms with Crippen molar-refractivity contribution in [3.63, 3.8) is 0 Å². The summed E-state index contributed by atoms with van der Waals surface area (Å²) in [5.74, 6) is 0.538. The number of nitrogens with one attached hydrogen (secondary N) is 2. The number of hydrogen-bond acceptors (Lipinski definition) is 7. The van der Waals surface area contributed by atoms with Crippen molar-refractivity contribution in [2.45, 2.75) is 44.1 Å². The normalized spacial score (nSPS) is 22.3. The monoisotopic (exact) mass is 535 g/mol. The molecule has 3 heterocycles. The van der Waals surface area contributed by atoms with E-state index in [-0.39, 0.29) is 17.4 Å². The predicted octanol–water partition coefficient (Wildman–Crippen LogP) is 4.99. The Hall–Kier alpha value is -2.49. The van der Waals surface area contributed by atoms with Crippen LogP contribution in [0.3, 0.4) is 0 Å². The molecule has 1 saturated carbocycles. The second-order valence-corrected chi connectivity index (χ2v) is 11.3. The first kappa shape index (κ1) is 24.2. The fraction of sp³-hybridized carbons (Fsp3) is 0.458. The molecule has 0 bridgehead atoms. The number of nitrogens with zero attached hydrogens (tertiary/aromatic N) is 3. The van der Waals surface area contributed by atoms with Crippen LogP contribution in [0.25, 0.3) is 0 Å². The zero-order chi connectivity index (χ0) is 24.8. The number of aromatic nitrogens is 1. The van der Waals surface area contributed by atoms with Crippen molar-refractivity contribution < 1.29 is 14.3 Å². The van der Waals surface area contributed by atoms with Crippen LogP contribution in [0.2, 0.25) is 9.36 Å². The first-order valence-electron chi connectivity index (χ1n) is 11.7. The molecule has 11 heteroatoms. The van der Waals surface area contributed by atoms with Gasteiger partial charge in [-0.05, 0) is 62.9 Å². The lowest BCUT2D eigenvalue weighted by molar-refractivity contribution is -0.146. The molecule has 1 atom stereocenters. The average molecular weight is 536 g/mol. The van der Waals surface area contributed by atoms with Gasteiger partial charge in [-0.2, -0.15) is 0 Å². The average Bonchev–Trinajstić information content (AvgIpc) is 3.16. The van der Waals surface area contributed by atoms with E-state index in [1.165, 1.54) is 11.3 Å². The van der Waals surface area contributed by atoms with Gasteiger partial charge in [0.25, 0.3) is 0 Å². The third-order valence-corrected chi connectivity index (χ3v) is 8.23. The number of anilines is 2. The minimum Gasteiger partial charge on any atom is -0.464 e. The van der Waals surface area contributed by atoms with Gasteiger partial charge in [-0.15, -0.1) is 0 Å². The molecule has 2 N–H and O–H groups in total. The lowest BCUT2D eigenvalue weighted by Gasteiger charge is -2.28. The highest BCUT2D eigenvalue weighted by atomic mass is 35.5. The van der Waals surface area contributed by atoms with E-state index in [0.29, 0.717) is 53.6 Å². The highest BCUT2D eigenvalue weighted by Gasteiger charge is 2.55. The number of halogens is 2. The van der Waals surface area contributed by atoms with Crippen molar-refractivity contribution >= 4 is 57.4 Å². The Labute approximate surface area is 218 Å². The number of urea groups is 1. The molecule has 5 rings (SSSR count). The van der Waals surface area contributed by atoms with Gasteiger partial charge in [0.1, 0.15) is 15.7 Å². The maximum absolute atomic E-state index is 13.2. The van der Waals surface area contributed by atoms with Crippen LogP contribution in [0.4, 0.5) is 15.6 Å². The van der Waals surface area contributed by atoms with Gasteiger partial charge in [-0.1, -0.05) is 34.5 Å². The van der Waals surface area contributed by atoms with Crippen LogP contribution in [0.15, 0.2) is 36.3 Å². The van der Waals surface area contributed by atoms with Crippen LogP contribution in [-0.4, -0.2) is 53.7 Å². The molecule has 0 radical (unpaired) electrons. The topological polar surface area (TPSA) is 86.8 Å². The first-order valence-corrected chi connectivity index (χ1v) is 13.2. The Morgan fingerprint density at radius 1 is 1.26 bits per heavy atom. The second kappa shape index (κ2) is 9.19. The zero-order valence-electron chi connectivity index (χ0n) is 19.6. The summed E-state index contributed by atoms with van der Waals surface area (Å²) >= 11 is 13.9. The molecule has 1 saturated heterocycles. The van der Waals surface area contributed by atoms with E-state index in [1.54, 1.807) is 18.0 Å². The number of likely N-dealkylation sites (tertiary alicyclic amines) is 1. The number of carbonyl (C=O) groups excluding carboxylic acids is 2. The lowest BCUT2D eigenvalue weighted by atomic mass is 9.81. The lowest BCUT2D eigenvalue weighted by Crippen LogP contribution is -2.50. The zero-order valence-corrected chi connectivity index (χ0v) is 21.9. The number of ether oxygens (including phenoxy) is 1. The number of amides is 2. The van der Waals surface area contributed by atoms with Gasteiger partial charge in [0.2, 0.25) is 0 Å². The molecule has 186 valence electrons. The molecule has 3 aliphatic rings. The molecule has 1 aromatic heterocycles. The largest absolute Gasteiger partial charge is 0.464 e. The van der Waals surface area contributed by atoms with E-state index in [1.807, 2.05) is 31.2 Å². The van der Waals surface area contributed by atoms with Gasteiger partial charge >= 0.3 is 12.0 Å². The third-order valence-electron chi connectivity index (χ3n) is 6.96. The summed E-state index contributed by atoms with van der Waals surface area (Å²) in [6.45, 7) is 5.84. The van der Waals surface area contributed by atoms with Crippen LogP contribution in [0, 0.1) is 0 Å². The molecule has 8 nitrogen and oxygen atoms in total. The maximum atomic E-state index is 13.2. The van der Waals surface area contributed by atoms with Gasteiger partial charge in [0.15, 0.2) is 5.13 Å². The summed E-state index contributed by atoms with van der Waals surface area (Å²) in [6, 6.07) is 5.69. The number of benzene rings is 1. The molecular weight excluding hydrogens is 509 g/mol. The third kappa shape index (κ3) is 4.45. The minimum atomic E-state index is -0.872. The number of thiazole rings is 1. The number of hydrogen-bond donors (Lipinski definition) is 2. The summed E-state index contributed by atoms with van der Waals surface area (Å²) < 4.78 is 5.78. The van der Waals surface area contributed by atoms with Crippen molar-refractivity contribution in [2.24, 2.45) is 0 Å². The quantitative estimate of drug-likeness (QED) is 0.506. The molecule has 1 spiro atoms. The van der Waals surface area contributed by atoms with Gasteiger partial charge in [0.05, 0.1) is 12.8 Å². The molecule has 35 heavy (non-hydrogen) atoms. The van der Waals surface area contributed by atoms with Gasteiger partial charge in [-0.3, -0.25) is 0 Å². The fourth-order valence-electron chi connectivity index (χ4n) is 5.03. The van der Waals surface area contributed by atoms with E-state index in [2.05, 4.69) is 20.5 Å². The van der Waals surface area contributed by atoms with Gasteiger partial charge in [0, 0.05) is 35.8 Å². The Kier molecular flexibility index (Phi) is 6.35. The summed E-state index contributed by atoms with van der Waals surface area (Å²) in [6.07, 6.45) is 5.64. The van der Waals surface area contributed by atoms with E-state index < -0.39 is 5.54 Å². The number of rotatable bonds is 6. The van der Waals surface area contributed by atoms with E-state index in [0.717, 1.165) is 23.5 Å². The van der Waals surface area contributed by atoms with Crippen molar-refractivity contribution in [3.8, 4) is 0 Å². The van der Waals surface area contributed by atoms with Crippen LogP contribution in [-0.2, 0) is 14.9 Å². The van der Waals surface area contributed by atoms with Crippen molar-refractivity contribution in [1.29, 1.82) is 0 Å². The smallest absolute Gasteiger partial charge is 0.331 e. The molecule has 2 amide bonds. The SMILES string of the molecule is CC=C(Nc1ncc(Cl)s1)N1CC2(CCN(C(=O)NC3(C(=O)OCC)CC3)C2)c2cc(Cl)ccc21. The Balaban J connectivity index is 1.37. The number of allylic oxidation sites excluding steroid dienone is 1. The van der Waals surface area contributed by atoms with E-state index in [9.17, 15) is 9.59 Å². The van der Waals surface area contributed by atoms with E-state index in [4.69, 9.17) is 27.9 Å². The second-order valence-electron chi connectivity index (χ2n) is 9.20. The van der Waals surface area contributed by atoms with Crippen LogP contribution < -0.4 is 15.5 Å². The van der Waals surface area contributed by atoms with Crippen LogP contribution in [0.1, 0.15) is 38.7 Å². The molecule has 2 aromatic rings. The standard InChI is InChI=1S/C24H27Cl2N5O3S/c1-3-19(28-21-27-12-18(26)35-21)31-14-23(16-11-15(25)5-6-17(16)31)9-10-30(13-23)22(33)29-24(7-8-24)20(32)34-4-2/h3,5-6,11-12H,4,7-10,13-14H2,1-2H3,(H,27,28)(H,29,33). The summed E-state index contributed by atoms with van der Waals surface area (Å²) in [7, 11) is 0. The highest BCUT2D eigenvalue weighted by Crippen LogP contribution is 2.49. The predicted molar refractivity (Wildman–Crippen MR) is 138 cm³/mol. The molecule has 2 aliphatic heterocycles. The Morgan fingerprint density at radius 2 is 2.06 bits per heavy atom. The van der Waals surface area contributed by atoms with Crippen molar-refractivity contribution in [2.75, 3.05) is 36.5 Å². The number of esters is 1. The Bertz CT molecular complexity index is 1200. The van der Waals surface area contributed by atoms with Crippen molar-refractivity contribution in [1.82, 2.24) is 15.2 Å². The number of carbonyl (C=O) groups is 2. The summed E-state index contributed by atoms with van der Waals surface area (Å²) in [5, 5.41) is 7.70. The fourth-order valence-corrected chi connectivity index (χ4v) is 6.02. The van der Waals surface area contributed by atoms with Crippen LogP contribution in [0.5, 0.6) is 0 Å². The summed E-state index contributed by atoms with van der Waals surface area (Å²) in [5.41, 5.74) is 1.01. The Morgan fingerprint density at radius 3 is 2.71 bits per heavy atom. The highest BCUT2D eigenvalue weighted by molar-refractivity contribution is 7.19. The van der Waals surface area contributed by atoms with Crippen LogP contribution >= 0.6 is 34.5 Å². The molecule has 1 aliphatic carbocycles. The van der Waals surface area contributed by atoms with Crippen molar-refractivity contribution in [3.05, 3.63) is 51.2 Å². The minimum absolute atomic E-state index is 0.226. The molecular formula is C24H27Cl2N5O3S.